The van der Waals surface area contributed by atoms with Gasteiger partial charge in [0.15, 0.2) is 0 Å². The Morgan fingerprint density at radius 1 is 0.339 bits per heavy atom. The van der Waals surface area contributed by atoms with Gasteiger partial charge in [0.2, 0.25) is 0 Å². The summed E-state index contributed by atoms with van der Waals surface area (Å²) in [4.78, 5) is 4.59. The van der Waals surface area contributed by atoms with Crippen molar-refractivity contribution in [3.05, 3.63) is 224 Å². The third-order valence-electron chi connectivity index (χ3n) is 11.4. The zero-order valence-corrected chi connectivity index (χ0v) is 32.1. The molecule has 0 saturated heterocycles. The van der Waals surface area contributed by atoms with E-state index in [0.717, 1.165) is 45.2 Å². The summed E-state index contributed by atoms with van der Waals surface area (Å²) in [7, 11) is 0. The van der Waals surface area contributed by atoms with Crippen molar-refractivity contribution in [3.63, 3.8) is 0 Å². The van der Waals surface area contributed by atoms with Crippen molar-refractivity contribution in [1.29, 1.82) is 5.26 Å². The van der Waals surface area contributed by atoms with Crippen LogP contribution >= 0.6 is 0 Å². The van der Waals surface area contributed by atoms with Crippen LogP contribution in [0.1, 0.15) is 5.56 Å². The maximum absolute atomic E-state index is 9.44. The molecule has 10 aromatic carbocycles. The van der Waals surface area contributed by atoms with Crippen LogP contribution in [0.25, 0.3) is 60.2 Å². The number of fused-ring (bicyclic) bond motifs is 1. The molecule has 4 nitrogen and oxygen atoms in total. The van der Waals surface area contributed by atoms with E-state index < -0.39 is 0 Å². The molecule has 4 heteroatoms. The average Bonchev–Trinajstić information content (AvgIpc) is 3.64. The molecule has 11 aromatic rings. The number of nitriles is 1. The van der Waals surface area contributed by atoms with Gasteiger partial charge in [0.25, 0.3) is 0 Å². The number of nitrogens with zero attached hydrogens (tertiary/aromatic N) is 4. The van der Waals surface area contributed by atoms with Gasteiger partial charge in [0, 0.05) is 50.6 Å². The fraction of sp³-hybridized carbons (Fsp3) is 0. The molecule has 0 radical (unpaired) electrons. The van der Waals surface area contributed by atoms with Crippen molar-refractivity contribution in [1.82, 2.24) is 4.57 Å². The van der Waals surface area contributed by atoms with Gasteiger partial charge in [-0.2, -0.15) is 5.26 Å². The largest absolute Gasteiger partial charge is 0.310 e. The number of benzene rings is 10. The highest BCUT2D eigenvalue weighted by molar-refractivity contribution is 6.26. The normalized spacial score (nSPS) is 11.4. The monoisotopic (exact) mass is 752 g/mol. The summed E-state index contributed by atoms with van der Waals surface area (Å²) in [5, 5.41) is 16.7. The molecule has 0 spiro atoms. The van der Waals surface area contributed by atoms with Crippen LogP contribution in [0.5, 0.6) is 0 Å². The summed E-state index contributed by atoms with van der Waals surface area (Å²) in [5.74, 6) is 0. The summed E-state index contributed by atoms with van der Waals surface area (Å²) >= 11 is 0. The second-order valence-corrected chi connectivity index (χ2v) is 15.0. The molecule has 11 rings (SSSR count). The molecule has 276 valence electrons. The second-order valence-electron chi connectivity index (χ2n) is 15.0. The predicted molar refractivity (Wildman–Crippen MR) is 246 cm³/mol. The maximum atomic E-state index is 9.44. The van der Waals surface area contributed by atoms with E-state index in [1.165, 1.54) is 49.1 Å². The summed E-state index contributed by atoms with van der Waals surface area (Å²) in [6.45, 7) is 0. The van der Waals surface area contributed by atoms with Crippen LogP contribution in [0.3, 0.4) is 0 Å². The molecule has 0 fully saturated rings. The minimum Gasteiger partial charge on any atom is -0.310 e. The Morgan fingerprint density at radius 3 is 1.39 bits per heavy atom. The van der Waals surface area contributed by atoms with Crippen molar-refractivity contribution in [2.24, 2.45) is 0 Å². The fourth-order valence-electron chi connectivity index (χ4n) is 8.77. The fourth-order valence-corrected chi connectivity index (χ4v) is 8.77. The Bertz CT molecular complexity index is 3270. The van der Waals surface area contributed by atoms with E-state index in [2.05, 4.69) is 208 Å². The Kier molecular flexibility index (Phi) is 8.17. The van der Waals surface area contributed by atoms with Gasteiger partial charge in [-0.05, 0) is 148 Å². The molecule has 0 unspecified atom stereocenters. The van der Waals surface area contributed by atoms with E-state index in [1.807, 2.05) is 30.3 Å². The van der Waals surface area contributed by atoms with E-state index in [9.17, 15) is 5.26 Å². The first-order chi connectivity index (χ1) is 29.2. The van der Waals surface area contributed by atoms with Crippen molar-refractivity contribution in [3.8, 4) is 22.9 Å². The van der Waals surface area contributed by atoms with Gasteiger partial charge >= 0.3 is 0 Å². The Hall–Kier alpha value is -8.13. The SMILES string of the molecule is N#Cc1ccc(N(c2ccccc2)c2ccc3cc(-c4cc5ccc6cc(N(c7ccccc7)c7ccccc7)cc7c6c5c(c4)n7-c4ccccc4)ccc3c2)cc1. The molecular formula is C55H36N4. The van der Waals surface area contributed by atoms with Crippen molar-refractivity contribution < 1.29 is 0 Å². The molecule has 0 saturated carbocycles. The van der Waals surface area contributed by atoms with Gasteiger partial charge in [-0.15, -0.1) is 0 Å². The molecule has 0 atom stereocenters. The van der Waals surface area contributed by atoms with Crippen molar-refractivity contribution >= 4 is 77.5 Å². The molecule has 0 bridgehead atoms. The number of aromatic nitrogens is 1. The number of para-hydroxylation sites is 4. The molecule has 0 amide bonds. The minimum atomic E-state index is 0.641. The van der Waals surface area contributed by atoms with Crippen LogP contribution in [-0.4, -0.2) is 4.57 Å². The Balaban J connectivity index is 1.06. The van der Waals surface area contributed by atoms with Crippen molar-refractivity contribution in [2.45, 2.75) is 0 Å². The molecule has 1 aromatic heterocycles. The van der Waals surface area contributed by atoms with Crippen LogP contribution in [0.15, 0.2) is 218 Å². The highest BCUT2D eigenvalue weighted by atomic mass is 15.1. The van der Waals surface area contributed by atoms with Crippen LogP contribution in [0.2, 0.25) is 0 Å². The number of rotatable bonds is 8. The summed E-state index contributed by atoms with van der Waals surface area (Å²) in [5.41, 5.74) is 12.9. The maximum Gasteiger partial charge on any atom is 0.0991 e. The van der Waals surface area contributed by atoms with Crippen LogP contribution in [0.4, 0.5) is 34.1 Å². The van der Waals surface area contributed by atoms with E-state index in [4.69, 9.17) is 0 Å². The van der Waals surface area contributed by atoms with E-state index in [-0.39, 0.29) is 0 Å². The van der Waals surface area contributed by atoms with Gasteiger partial charge < -0.3 is 14.4 Å². The third-order valence-corrected chi connectivity index (χ3v) is 11.4. The van der Waals surface area contributed by atoms with Crippen LogP contribution in [-0.2, 0) is 0 Å². The zero-order chi connectivity index (χ0) is 39.3. The van der Waals surface area contributed by atoms with Gasteiger partial charge in [0.05, 0.1) is 22.7 Å². The van der Waals surface area contributed by atoms with Gasteiger partial charge in [-0.1, -0.05) is 103 Å². The molecule has 0 aliphatic heterocycles. The number of hydrogen-bond acceptors (Lipinski definition) is 3. The Morgan fingerprint density at radius 2 is 0.780 bits per heavy atom. The van der Waals surface area contributed by atoms with Crippen LogP contribution < -0.4 is 9.80 Å². The Labute approximate surface area is 342 Å². The lowest BCUT2D eigenvalue weighted by Gasteiger charge is -2.26. The summed E-state index contributed by atoms with van der Waals surface area (Å²) in [6.07, 6.45) is 0. The zero-order valence-electron chi connectivity index (χ0n) is 32.1. The van der Waals surface area contributed by atoms with E-state index >= 15 is 0 Å². The lowest BCUT2D eigenvalue weighted by atomic mass is 9.95. The topological polar surface area (TPSA) is 35.2 Å². The molecule has 0 N–H and O–H groups in total. The minimum absolute atomic E-state index is 0.641. The second kappa shape index (κ2) is 14.1. The van der Waals surface area contributed by atoms with Gasteiger partial charge in [-0.3, -0.25) is 0 Å². The standard InChI is InChI=1S/C55H36N4/c56-37-38-21-28-49(29-22-38)57(45-13-5-1-6-14-45)50-30-27-39-31-40(23-24-41(39)33-50)44-32-42-25-26-43-34-51(58(46-15-7-2-8-16-46)47-17-9-3-10-18-47)36-53-55(43)54(42)52(35-44)59(53)48-19-11-4-12-20-48/h1-36H. The first-order valence-electron chi connectivity index (χ1n) is 19.9. The van der Waals surface area contributed by atoms with Gasteiger partial charge in [-0.25, -0.2) is 0 Å². The number of hydrogen-bond donors (Lipinski definition) is 0. The molecular weight excluding hydrogens is 717 g/mol. The summed E-state index contributed by atoms with van der Waals surface area (Å²) < 4.78 is 2.44. The van der Waals surface area contributed by atoms with Crippen molar-refractivity contribution in [2.75, 3.05) is 9.80 Å². The molecule has 0 aliphatic carbocycles. The average molecular weight is 753 g/mol. The quantitative estimate of drug-likeness (QED) is 0.145. The third kappa shape index (κ3) is 5.93. The first kappa shape index (κ1) is 34.1. The molecule has 0 aliphatic rings. The highest BCUT2D eigenvalue weighted by Gasteiger charge is 2.22. The molecule has 1 heterocycles. The predicted octanol–water partition coefficient (Wildman–Crippen LogP) is 15.0. The highest BCUT2D eigenvalue weighted by Crippen LogP contribution is 2.45. The van der Waals surface area contributed by atoms with E-state index in [1.54, 1.807) is 0 Å². The lowest BCUT2D eigenvalue weighted by Crippen LogP contribution is -2.10. The van der Waals surface area contributed by atoms with Crippen LogP contribution in [0, 0.1) is 11.3 Å². The molecule has 59 heavy (non-hydrogen) atoms. The summed E-state index contributed by atoms with van der Waals surface area (Å²) in [6, 6.07) is 79.8. The number of anilines is 6. The smallest absolute Gasteiger partial charge is 0.0991 e. The lowest BCUT2D eigenvalue weighted by molar-refractivity contribution is 1.18. The van der Waals surface area contributed by atoms with E-state index in [0.29, 0.717) is 5.56 Å². The van der Waals surface area contributed by atoms with Gasteiger partial charge in [0.1, 0.15) is 0 Å². The first-order valence-corrected chi connectivity index (χ1v) is 19.9.